The van der Waals surface area contributed by atoms with Crippen molar-refractivity contribution >= 4 is 40.3 Å². The molecule has 0 radical (unpaired) electrons. The minimum atomic E-state index is -0.352. The molecule has 0 aliphatic rings. The number of thiazole rings is 1. The van der Waals surface area contributed by atoms with Crippen LogP contribution in [-0.2, 0) is 4.74 Å². The normalized spacial score (nSPS) is 9.50. The van der Waals surface area contributed by atoms with E-state index in [9.17, 15) is 4.79 Å². The van der Waals surface area contributed by atoms with Crippen LogP contribution in [0.3, 0.4) is 0 Å². The second kappa shape index (κ2) is 4.61. The van der Waals surface area contributed by atoms with Gasteiger partial charge in [0.2, 0.25) is 0 Å². The van der Waals surface area contributed by atoms with Crippen LogP contribution in [0.15, 0.2) is 6.20 Å². The van der Waals surface area contributed by atoms with Gasteiger partial charge < -0.3 is 7.80 Å². The number of aromatic nitrogens is 1. The maximum atomic E-state index is 11.1. The molecule has 0 aromatic carbocycles. The van der Waals surface area contributed by atoms with Crippen LogP contribution < -0.4 is 3.07 Å². The van der Waals surface area contributed by atoms with E-state index in [1.807, 2.05) is 0 Å². The Morgan fingerprint density at radius 3 is 3.08 bits per heavy atom. The summed E-state index contributed by atoms with van der Waals surface area (Å²) in [6, 6.07) is 0. The molecule has 6 heteroatoms. The zero-order valence-corrected chi connectivity index (χ0v) is 9.22. The molecule has 0 saturated heterocycles. The van der Waals surface area contributed by atoms with Crippen molar-refractivity contribution in [1.29, 1.82) is 0 Å². The van der Waals surface area contributed by atoms with Crippen LogP contribution in [0.1, 0.15) is 16.6 Å². The minimum Gasteiger partial charge on any atom is -0.462 e. The molecule has 0 spiro atoms. The molecule has 0 N–H and O–H groups in total. The van der Waals surface area contributed by atoms with Crippen molar-refractivity contribution in [2.24, 2.45) is 0 Å². The van der Waals surface area contributed by atoms with Crippen molar-refractivity contribution in [2.45, 2.75) is 6.92 Å². The molecule has 1 rings (SSSR count). The first-order chi connectivity index (χ1) is 5.77. The Kier molecular flexibility index (Phi) is 3.73. The van der Waals surface area contributed by atoms with Crippen LogP contribution in [0.2, 0.25) is 0 Å². The van der Waals surface area contributed by atoms with E-state index in [0.717, 1.165) is 0 Å². The fourth-order valence-corrected chi connectivity index (χ4v) is 1.55. The largest absolute Gasteiger partial charge is 0.462 e. The molecule has 66 valence electrons. The van der Waals surface area contributed by atoms with E-state index in [1.54, 1.807) is 29.9 Å². The molecule has 1 heterocycles. The number of halogens is 1. The van der Waals surface area contributed by atoms with Crippen LogP contribution in [0.4, 0.5) is 0 Å². The highest BCUT2D eigenvalue weighted by Crippen LogP contribution is 2.22. The van der Waals surface area contributed by atoms with E-state index in [-0.39, 0.29) is 5.97 Å². The molecule has 0 unspecified atom stereocenters. The Hall–Kier alpha value is -0.370. The van der Waals surface area contributed by atoms with Crippen molar-refractivity contribution in [3.63, 3.8) is 0 Å². The highest BCUT2D eigenvalue weighted by atomic mass is 127. The lowest BCUT2D eigenvalue weighted by molar-refractivity contribution is 0.0532. The molecular formula is C6H6INO3S. The van der Waals surface area contributed by atoms with E-state index < -0.39 is 0 Å². The maximum Gasteiger partial charge on any atom is 0.350 e. The van der Waals surface area contributed by atoms with E-state index in [4.69, 9.17) is 7.80 Å². The van der Waals surface area contributed by atoms with Gasteiger partial charge in [-0.1, -0.05) is 11.3 Å². The quantitative estimate of drug-likeness (QED) is 0.633. The lowest BCUT2D eigenvalue weighted by atomic mass is 10.6. The van der Waals surface area contributed by atoms with Crippen molar-refractivity contribution in [2.75, 3.05) is 6.61 Å². The van der Waals surface area contributed by atoms with Gasteiger partial charge in [0.15, 0.2) is 23.0 Å². The Morgan fingerprint density at radius 1 is 1.83 bits per heavy atom. The van der Waals surface area contributed by atoms with Crippen molar-refractivity contribution in [3.05, 3.63) is 11.1 Å². The number of nitrogens with zero attached hydrogens (tertiary/aromatic N) is 1. The topological polar surface area (TPSA) is 48.4 Å². The van der Waals surface area contributed by atoms with Gasteiger partial charge in [-0.15, -0.1) is 0 Å². The van der Waals surface area contributed by atoms with Crippen molar-refractivity contribution < 1.29 is 12.6 Å². The van der Waals surface area contributed by atoms with E-state index in [2.05, 4.69) is 4.98 Å². The second-order valence-corrected chi connectivity index (χ2v) is 3.22. The Labute approximate surface area is 87.6 Å². The molecule has 0 amide bonds. The van der Waals surface area contributed by atoms with Crippen molar-refractivity contribution in [1.82, 2.24) is 4.98 Å². The fourth-order valence-electron chi connectivity index (χ4n) is 0.590. The Morgan fingerprint density at radius 2 is 2.58 bits per heavy atom. The first-order valence-corrected chi connectivity index (χ1v) is 4.89. The fraction of sp³-hybridized carbons (Fsp3) is 0.333. The van der Waals surface area contributed by atoms with Gasteiger partial charge in [0, 0.05) is 0 Å². The lowest BCUT2D eigenvalue weighted by Gasteiger charge is -1.95. The maximum absolute atomic E-state index is 11.1. The number of hydrogen-bond acceptors (Lipinski definition) is 5. The summed E-state index contributed by atoms with van der Waals surface area (Å²) in [6.07, 6.45) is 1.44. The number of ether oxygens (including phenoxy) is 1. The van der Waals surface area contributed by atoms with E-state index in [0.29, 0.717) is 16.7 Å². The Balaban J connectivity index is 2.68. The van der Waals surface area contributed by atoms with Gasteiger partial charge in [-0.05, 0) is 6.92 Å². The zero-order chi connectivity index (χ0) is 8.97. The third-order valence-electron chi connectivity index (χ3n) is 1.03. The molecule has 0 atom stereocenters. The van der Waals surface area contributed by atoms with E-state index in [1.165, 1.54) is 17.5 Å². The van der Waals surface area contributed by atoms with Crippen LogP contribution in [0.25, 0.3) is 0 Å². The molecule has 0 saturated carbocycles. The molecular weight excluding hydrogens is 293 g/mol. The van der Waals surface area contributed by atoms with Gasteiger partial charge >= 0.3 is 5.97 Å². The average Bonchev–Trinajstić information content (AvgIpc) is 2.52. The smallest absolute Gasteiger partial charge is 0.350 e. The van der Waals surface area contributed by atoms with Crippen LogP contribution in [0, 0.1) is 0 Å². The van der Waals surface area contributed by atoms with Gasteiger partial charge in [-0.2, -0.15) is 0 Å². The number of carbonyl (C=O) groups excluding carboxylic acids is 1. The first-order valence-electron chi connectivity index (χ1n) is 3.19. The van der Waals surface area contributed by atoms with E-state index >= 15 is 0 Å². The summed E-state index contributed by atoms with van der Waals surface area (Å²) >= 11 is 2.87. The molecule has 0 fully saturated rings. The van der Waals surface area contributed by atoms with Crippen molar-refractivity contribution in [3.8, 4) is 5.19 Å². The predicted octanol–water partition coefficient (Wildman–Crippen LogP) is 2.05. The monoisotopic (exact) mass is 299 g/mol. The van der Waals surface area contributed by atoms with Gasteiger partial charge in [0.25, 0.3) is 5.19 Å². The summed E-state index contributed by atoms with van der Waals surface area (Å²) in [5.41, 5.74) is 0. The lowest BCUT2D eigenvalue weighted by Crippen LogP contribution is -2.01. The third kappa shape index (κ3) is 2.31. The average molecular weight is 299 g/mol. The number of carbonyl (C=O) groups is 1. The minimum absolute atomic E-state index is 0.352. The van der Waals surface area contributed by atoms with Crippen LogP contribution >= 0.6 is 34.3 Å². The molecule has 4 nitrogen and oxygen atoms in total. The van der Waals surface area contributed by atoms with Crippen LogP contribution in [-0.4, -0.2) is 17.6 Å². The van der Waals surface area contributed by atoms with Gasteiger partial charge in [-0.3, -0.25) is 0 Å². The first kappa shape index (κ1) is 9.72. The highest BCUT2D eigenvalue weighted by Gasteiger charge is 2.11. The van der Waals surface area contributed by atoms with Gasteiger partial charge in [-0.25, -0.2) is 9.78 Å². The molecule has 1 aromatic rings. The summed E-state index contributed by atoms with van der Waals surface area (Å²) in [5, 5.41) is 0.457. The summed E-state index contributed by atoms with van der Waals surface area (Å²) in [5.74, 6) is -0.352. The highest BCUT2D eigenvalue weighted by molar-refractivity contribution is 14.1. The molecule has 1 aromatic heterocycles. The molecule has 0 aliphatic heterocycles. The summed E-state index contributed by atoms with van der Waals surface area (Å²) in [4.78, 5) is 15.4. The third-order valence-corrected chi connectivity index (χ3v) is 2.60. The zero-order valence-electron chi connectivity index (χ0n) is 6.24. The molecule has 12 heavy (non-hydrogen) atoms. The van der Waals surface area contributed by atoms with Gasteiger partial charge in [0.1, 0.15) is 4.88 Å². The number of rotatable bonds is 3. The summed E-state index contributed by atoms with van der Waals surface area (Å²) in [7, 11) is 0. The Bertz CT molecular complexity index is 276. The molecule has 0 bridgehead atoms. The standard InChI is InChI=1S/C6H6INO3S/c1-2-10-5(9)4-3-8-6(11-7)12-4/h3H,2H2,1H3. The number of esters is 1. The second-order valence-electron chi connectivity index (χ2n) is 1.79. The van der Waals surface area contributed by atoms with Crippen LogP contribution in [0.5, 0.6) is 5.19 Å². The number of hydrogen-bond donors (Lipinski definition) is 0. The SMILES string of the molecule is CCOC(=O)c1cnc(OI)s1. The predicted molar refractivity (Wildman–Crippen MR) is 52.7 cm³/mol. The van der Waals surface area contributed by atoms with Gasteiger partial charge in [0.05, 0.1) is 12.8 Å². The summed E-state index contributed by atoms with van der Waals surface area (Å²) in [6.45, 7) is 2.13. The molecule has 0 aliphatic carbocycles. The summed E-state index contributed by atoms with van der Waals surface area (Å²) < 4.78 is 9.55.